The molecule has 1 aromatic heterocycles. The Morgan fingerprint density at radius 3 is 2.32 bits per heavy atom. The van der Waals surface area contributed by atoms with Crippen LogP contribution in [0.25, 0.3) is 17.4 Å². The van der Waals surface area contributed by atoms with E-state index in [1.165, 1.54) is 23.2 Å². The van der Waals surface area contributed by atoms with Crippen molar-refractivity contribution in [2.24, 2.45) is 5.10 Å². The van der Waals surface area contributed by atoms with Gasteiger partial charge in [0.05, 0.1) is 21.2 Å². The number of rotatable bonds is 5. The molecule has 0 unspecified atom stereocenters. The number of non-ortho nitro benzene ring substituents is 1. The lowest BCUT2D eigenvalue weighted by atomic mass is 10.0. The van der Waals surface area contributed by atoms with E-state index in [9.17, 15) is 14.9 Å². The maximum Gasteiger partial charge on any atom is 0.281 e. The summed E-state index contributed by atoms with van der Waals surface area (Å²) >= 11 is 6.24. The molecule has 34 heavy (non-hydrogen) atoms. The zero-order valence-electron chi connectivity index (χ0n) is 17.6. The number of nitro groups is 1. The number of hydrazone groups is 1. The highest BCUT2D eigenvalue weighted by molar-refractivity contribution is 6.37. The highest BCUT2D eigenvalue weighted by Gasteiger charge is 2.32. The SMILES string of the molecule is O=C1/C(=C\c2ccc(-c3ccc([N+](=O)[O-])cc3Cl)o2)C(c2ccccc2)=NN1c1ccccc1. The largest absolute Gasteiger partial charge is 0.457 e. The Balaban J connectivity index is 1.54. The van der Waals surface area contributed by atoms with E-state index in [2.05, 4.69) is 5.10 Å². The fourth-order valence-electron chi connectivity index (χ4n) is 3.63. The van der Waals surface area contributed by atoms with Crippen molar-refractivity contribution < 1.29 is 14.1 Å². The fourth-order valence-corrected chi connectivity index (χ4v) is 3.90. The Labute approximate surface area is 199 Å². The molecule has 8 heteroatoms. The van der Waals surface area contributed by atoms with Crippen LogP contribution < -0.4 is 5.01 Å². The summed E-state index contributed by atoms with van der Waals surface area (Å²) in [6, 6.07) is 26.2. The number of amides is 1. The molecule has 1 amide bonds. The van der Waals surface area contributed by atoms with Crippen molar-refractivity contribution in [1.82, 2.24) is 0 Å². The number of benzene rings is 3. The molecule has 0 radical (unpaired) electrons. The van der Waals surface area contributed by atoms with E-state index < -0.39 is 4.92 Å². The number of carbonyl (C=O) groups excluding carboxylic acids is 1. The molecule has 0 aliphatic carbocycles. The molecule has 0 saturated heterocycles. The van der Waals surface area contributed by atoms with Crippen molar-refractivity contribution >= 4 is 40.7 Å². The minimum absolute atomic E-state index is 0.107. The molecule has 0 atom stereocenters. The number of anilines is 1. The van der Waals surface area contributed by atoms with Gasteiger partial charge in [0.1, 0.15) is 17.2 Å². The predicted octanol–water partition coefficient (Wildman–Crippen LogP) is 6.34. The quantitative estimate of drug-likeness (QED) is 0.194. The first kappa shape index (κ1) is 21.4. The first-order valence-electron chi connectivity index (χ1n) is 10.3. The molecular formula is C26H16ClN3O4. The zero-order valence-corrected chi connectivity index (χ0v) is 18.3. The van der Waals surface area contributed by atoms with Crippen LogP contribution in [-0.2, 0) is 4.79 Å². The van der Waals surface area contributed by atoms with Gasteiger partial charge in [0.15, 0.2) is 0 Å². The van der Waals surface area contributed by atoms with Crippen LogP contribution in [0.2, 0.25) is 5.02 Å². The Kier molecular flexibility index (Phi) is 5.53. The van der Waals surface area contributed by atoms with Gasteiger partial charge < -0.3 is 4.42 Å². The third-order valence-electron chi connectivity index (χ3n) is 5.27. The smallest absolute Gasteiger partial charge is 0.281 e. The van der Waals surface area contributed by atoms with Crippen molar-refractivity contribution in [1.29, 1.82) is 0 Å². The summed E-state index contributed by atoms with van der Waals surface area (Å²) in [4.78, 5) is 23.8. The molecule has 3 aromatic carbocycles. The molecule has 0 bridgehead atoms. The summed E-state index contributed by atoms with van der Waals surface area (Å²) in [6.45, 7) is 0. The zero-order chi connectivity index (χ0) is 23.7. The highest BCUT2D eigenvalue weighted by atomic mass is 35.5. The van der Waals surface area contributed by atoms with E-state index in [1.807, 2.05) is 60.7 Å². The molecule has 2 heterocycles. The van der Waals surface area contributed by atoms with Crippen LogP contribution in [0.1, 0.15) is 11.3 Å². The third-order valence-corrected chi connectivity index (χ3v) is 5.58. The Hall–Kier alpha value is -4.49. The summed E-state index contributed by atoms with van der Waals surface area (Å²) < 4.78 is 5.93. The second kappa shape index (κ2) is 8.80. The monoisotopic (exact) mass is 469 g/mol. The van der Waals surface area contributed by atoms with Crippen LogP contribution >= 0.6 is 11.6 Å². The lowest BCUT2D eigenvalue weighted by molar-refractivity contribution is -0.384. The maximum atomic E-state index is 13.3. The molecule has 7 nitrogen and oxygen atoms in total. The van der Waals surface area contributed by atoms with Gasteiger partial charge in [-0.3, -0.25) is 14.9 Å². The van der Waals surface area contributed by atoms with Crippen molar-refractivity contribution in [2.45, 2.75) is 0 Å². The predicted molar refractivity (Wildman–Crippen MR) is 131 cm³/mol. The third kappa shape index (κ3) is 4.00. The number of halogens is 1. The van der Waals surface area contributed by atoms with Crippen molar-refractivity contribution in [3.05, 3.63) is 123 Å². The van der Waals surface area contributed by atoms with Crippen LogP contribution in [0.4, 0.5) is 11.4 Å². The van der Waals surface area contributed by atoms with E-state index >= 15 is 0 Å². The van der Waals surface area contributed by atoms with Crippen LogP contribution in [-0.4, -0.2) is 16.5 Å². The number of nitro benzene ring substituents is 1. The molecule has 1 aliphatic rings. The van der Waals surface area contributed by atoms with Gasteiger partial charge in [0.2, 0.25) is 0 Å². The number of hydrogen-bond acceptors (Lipinski definition) is 5. The van der Waals surface area contributed by atoms with Gasteiger partial charge in [-0.05, 0) is 36.4 Å². The van der Waals surface area contributed by atoms with E-state index in [1.54, 1.807) is 18.2 Å². The van der Waals surface area contributed by atoms with E-state index in [0.29, 0.717) is 34.1 Å². The molecule has 5 rings (SSSR count). The molecule has 0 saturated carbocycles. The molecule has 4 aromatic rings. The van der Waals surface area contributed by atoms with Crippen LogP contribution in [0.5, 0.6) is 0 Å². The summed E-state index contributed by atoms with van der Waals surface area (Å²) in [5.41, 5.74) is 2.76. The van der Waals surface area contributed by atoms with E-state index in [-0.39, 0.29) is 16.6 Å². The van der Waals surface area contributed by atoms with Gasteiger partial charge >= 0.3 is 0 Å². The van der Waals surface area contributed by atoms with Crippen molar-refractivity contribution in [2.75, 3.05) is 5.01 Å². The Morgan fingerprint density at radius 2 is 1.65 bits per heavy atom. The molecule has 1 aliphatic heterocycles. The molecule has 0 spiro atoms. The summed E-state index contributed by atoms with van der Waals surface area (Å²) in [5, 5.41) is 17.1. The van der Waals surface area contributed by atoms with Gasteiger partial charge in [0.25, 0.3) is 11.6 Å². The van der Waals surface area contributed by atoms with Gasteiger partial charge in [0, 0.05) is 23.3 Å². The Morgan fingerprint density at radius 1 is 0.941 bits per heavy atom. The highest BCUT2D eigenvalue weighted by Crippen LogP contribution is 2.34. The minimum atomic E-state index is -0.512. The average molecular weight is 470 g/mol. The first-order valence-corrected chi connectivity index (χ1v) is 10.7. The Bertz CT molecular complexity index is 1460. The molecule has 166 valence electrons. The fraction of sp³-hybridized carbons (Fsp3) is 0. The lowest BCUT2D eigenvalue weighted by Gasteiger charge is -2.10. The minimum Gasteiger partial charge on any atom is -0.457 e. The maximum absolute atomic E-state index is 13.3. The molecule has 0 N–H and O–H groups in total. The number of furan rings is 1. The van der Waals surface area contributed by atoms with Gasteiger partial charge in [-0.2, -0.15) is 10.1 Å². The summed E-state index contributed by atoms with van der Waals surface area (Å²) in [6.07, 6.45) is 1.64. The second-order valence-electron chi connectivity index (χ2n) is 7.45. The number of para-hydroxylation sites is 1. The standard InChI is InChI=1S/C26H16ClN3O4/c27-23-15-19(30(32)33)11-13-21(23)24-14-12-20(34-24)16-22-25(17-7-3-1-4-8-17)28-29(26(22)31)18-9-5-2-6-10-18/h1-16H/b22-16-. The lowest BCUT2D eigenvalue weighted by Crippen LogP contribution is -2.21. The van der Waals surface area contributed by atoms with Gasteiger partial charge in [-0.25, -0.2) is 0 Å². The van der Waals surface area contributed by atoms with Crippen LogP contribution in [0.15, 0.2) is 106 Å². The molecular weight excluding hydrogens is 454 g/mol. The van der Waals surface area contributed by atoms with Gasteiger partial charge in [-0.1, -0.05) is 60.1 Å². The average Bonchev–Trinajstić information content (AvgIpc) is 3.45. The summed E-state index contributed by atoms with van der Waals surface area (Å²) in [7, 11) is 0. The van der Waals surface area contributed by atoms with Gasteiger partial charge in [-0.15, -0.1) is 0 Å². The molecule has 0 fully saturated rings. The number of nitrogens with zero attached hydrogens (tertiary/aromatic N) is 3. The van der Waals surface area contributed by atoms with Crippen molar-refractivity contribution in [3.63, 3.8) is 0 Å². The normalized spacial score (nSPS) is 14.5. The topological polar surface area (TPSA) is 88.9 Å². The summed E-state index contributed by atoms with van der Waals surface area (Å²) in [5.74, 6) is 0.568. The number of hydrogen-bond donors (Lipinski definition) is 0. The van der Waals surface area contributed by atoms with Crippen LogP contribution in [0, 0.1) is 10.1 Å². The van der Waals surface area contributed by atoms with Crippen LogP contribution in [0.3, 0.4) is 0 Å². The number of carbonyl (C=O) groups is 1. The van der Waals surface area contributed by atoms with E-state index in [4.69, 9.17) is 16.0 Å². The second-order valence-corrected chi connectivity index (χ2v) is 7.86. The van der Waals surface area contributed by atoms with Crippen molar-refractivity contribution in [3.8, 4) is 11.3 Å². The first-order chi connectivity index (χ1) is 16.5. The van der Waals surface area contributed by atoms with E-state index in [0.717, 1.165) is 5.56 Å².